The van der Waals surface area contributed by atoms with E-state index in [1.54, 1.807) is 0 Å². The lowest BCUT2D eigenvalue weighted by atomic mass is 10.3. The van der Waals surface area contributed by atoms with Crippen LogP contribution in [0.1, 0.15) is 12.6 Å². The zero-order valence-corrected chi connectivity index (χ0v) is 6.67. The Labute approximate surface area is 69.2 Å². The molecule has 0 aliphatic rings. The number of hydrogen-bond acceptors (Lipinski definition) is 1. The fourth-order valence-electron chi connectivity index (χ4n) is 0.607. The first-order valence-electron chi connectivity index (χ1n) is 3.49. The minimum atomic E-state index is -3.67. The normalized spacial score (nSPS) is 9.08. The lowest BCUT2D eigenvalue weighted by Crippen LogP contribution is -1.81. The molecule has 0 atom stereocenters. The lowest BCUT2D eigenvalue weighted by Gasteiger charge is -1.88. The molecule has 0 radical (unpaired) electrons. The summed E-state index contributed by atoms with van der Waals surface area (Å²) in [6.07, 6.45) is 2.85. The van der Waals surface area contributed by atoms with Crippen LogP contribution >= 0.6 is 0 Å². The van der Waals surface area contributed by atoms with Gasteiger partial charge < -0.3 is 0 Å². The Hall–Kier alpha value is -1.06. The first-order chi connectivity index (χ1) is 5.66. The highest BCUT2D eigenvalue weighted by Gasteiger charge is 1.86. The van der Waals surface area contributed by atoms with Gasteiger partial charge in [-0.2, -0.15) is 13.2 Å². The highest BCUT2D eigenvalue weighted by molar-refractivity contribution is 5.02. The molecule has 1 nitrogen and oxygen atoms in total. The van der Waals surface area contributed by atoms with Gasteiger partial charge in [0, 0.05) is 11.9 Å². The largest absolute Gasteiger partial charge is 0.379 e. The zero-order chi connectivity index (χ0) is 9.40. The summed E-state index contributed by atoms with van der Waals surface area (Å²) >= 11 is 0. The van der Waals surface area contributed by atoms with Gasteiger partial charge in [-0.05, 0) is 18.6 Å². The van der Waals surface area contributed by atoms with Crippen molar-refractivity contribution in [3.8, 4) is 0 Å². The van der Waals surface area contributed by atoms with Crippen molar-refractivity contribution in [3.63, 3.8) is 0 Å². The van der Waals surface area contributed by atoms with E-state index >= 15 is 0 Å². The Morgan fingerprint density at radius 1 is 1.33 bits per heavy atom. The van der Waals surface area contributed by atoms with Crippen LogP contribution in [0.25, 0.3) is 0 Å². The fraction of sp³-hybridized carbons (Fsp3) is 0.375. The van der Waals surface area contributed by atoms with E-state index in [0.29, 0.717) is 0 Å². The van der Waals surface area contributed by atoms with Crippen molar-refractivity contribution >= 4 is 0 Å². The van der Waals surface area contributed by atoms with Crippen molar-refractivity contribution in [2.24, 2.45) is 0 Å². The summed E-state index contributed by atoms with van der Waals surface area (Å²) in [5.74, 6) is 0. The topological polar surface area (TPSA) is 12.9 Å². The monoisotopic (exact) mass is 177 g/mol. The maximum atomic E-state index is 9.67. The Kier molecular flexibility index (Phi) is 6.05. The van der Waals surface area contributed by atoms with Gasteiger partial charge in [0.25, 0.3) is 0 Å². The van der Waals surface area contributed by atoms with Crippen LogP contribution in [0.2, 0.25) is 0 Å². The first kappa shape index (κ1) is 10.9. The maximum absolute atomic E-state index is 9.67. The molecular weight excluding hydrogens is 167 g/mol. The van der Waals surface area contributed by atoms with Crippen LogP contribution in [-0.4, -0.2) is 11.7 Å². The Bertz CT molecular complexity index is 186. The van der Waals surface area contributed by atoms with Crippen LogP contribution in [-0.2, 0) is 6.42 Å². The zero-order valence-electron chi connectivity index (χ0n) is 6.67. The molecule has 0 amide bonds. The third kappa shape index (κ3) is 7.05. The summed E-state index contributed by atoms with van der Waals surface area (Å²) in [7, 11) is 0. The van der Waals surface area contributed by atoms with Crippen LogP contribution in [0.3, 0.4) is 0 Å². The van der Waals surface area contributed by atoms with Crippen LogP contribution in [0.4, 0.5) is 13.2 Å². The molecule has 1 heterocycles. The predicted molar refractivity (Wildman–Crippen MR) is 40.7 cm³/mol. The minimum absolute atomic E-state index is 1.03. The third-order valence-corrected chi connectivity index (χ3v) is 1.09. The number of aromatic nitrogens is 1. The van der Waals surface area contributed by atoms with Gasteiger partial charge in [-0.15, -0.1) is 0 Å². The molecule has 1 rings (SSSR count). The van der Waals surface area contributed by atoms with Crippen molar-refractivity contribution in [1.82, 2.24) is 4.98 Å². The number of rotatable bonds is 1. The van der Waals surface area contributed by atoms with Crippen molar-refractivity contribution in [3.05, 3.63) is 30.1 Å². The van der Waals surface area contributed by atoms with Crippen LogP contribution in [0.5, 0.6) is 0 Å². The smallest absolute Gasteiger partial charge is 0.261 e. The van der Waals surface area contributed by atoms with E-state index in [1.807, 2.05) is 24.4 Å². The van der Waals surface area contributed by atoms with Gasteiger partial charge >= 0.3 is 6.68 Å². The SMILES string of the molecule is CCc1ccccn1.FC(F)F. The maximum Gasteiger partial charge on any atom is 0.379 e. The second-order valence-electron chi connectivity index (χ2n) is 1.92. The summed E-state index contributed by atoms with van der Waals surface area (Å²) in [4.78, 5) is 4.10. The average Bonchev–Trinajstić information content (AvgIpc) is 2.05. The van der Waals surface area contributed by atoms with Gasteiger partial charge in [-0.1, -0.05) is 13.0 Å². The number of alkyl halides is 3. The van der Waals surface area contributed by atoms with Crippen LogP contribution < -0.4 is 0 Å². The quantitative estimate of drug-likeness (QED) is 0.642. The highest BCUT2D eigenvalue weighted by Crippen LogP contribution is 1.91. The molecule has 0 saturated heterocycles. The summed E-state index contributed by atoms with van der Waals surface area (Å²) in [5.41, 5.74) is 1.16. The standard InChI is InChI=1S/C7H9N.CHF3/c1-2-7-5-3-4-6-8-7;2-1(3)4/h3-6H,2H2,1H3;1H. The number of aryl methyl sites for hydroxylation is 1. The molecule has 0 bridgehead atoms. The van der Waals surface area contributed by atoms with Gasteiger partial charge in [0.2, 0.25) is 0 Å². The van der Waals surface area contributed by atoms with Gasteiger partial charge in [0.1, 0.15) is 0 Å². The molecule has 0 aliphatic carbocycles. The number of halogens is 3. The molecule has 0 aromatic carbocycles. The summed E-state index contributed by atoms with van der Waals surface area (Å²) < 4.78 is 29.0. The van der Waals surface area contributed by atoms with E-state index in [1.165, 1.54) is 0 Å². The van der Waals surface area contributed by atoms with Gasteiger partial charge in [-0.25, -0.2) is 0 Å². The van der Waals surface area contributed by atoms with Crippen molar-refractivity contribution in [2.75, 3.05) is 0 Å². The molecule has 0 N–H and O–H groups in total. The van der Waals surface area contributed by atoms with E-state index in [4.69, 9.17) is 0 Å². The van der Waals surface area contributed by atoms with Gasteiger partial charge in [0.15, 0.2) is 0 Å². The van der Waals surface area contributed by atoms with Gasteiger partial charge in [-0.3, -0.25) is 4.98 Å². The van der Waals surface area contributed by atoms with E-state index in [-0.39, 0.29) is 0 Å². The van der Waals surface area contributed by atoms with Crippen LogP contribution in [0.15, 0.2) is 24.4 Å². The molecular formula is C8H10F3N. The Morgan fingerprint density at radius 2 is 1.92 bits per heavy atom. The summed E-state index contributed by atoms with van der Waals surface area (Å²) in [5, 5.41) is 0. The fourth-order valence-corrected chi connectivity index (χ4v) is 0.607. The van der Waals surface area contributed by atoms with E-state index < -0.39 is 6.68 Å². The molecule has 0 fully saturated rings. The predicted octanol–water partition coefficient (Wildman–Crippen LogP) is 2.82. The van der Waals surface area contributed by atoms with Gasteiger partial charge in [0.05, 0.1) is 0 Å². The second kappa shape index (κ2) is 6.64. The Balaban J connectivity index is 0.000000261. The molecule has 0 spiro atoms. The molecule has 4 heteroatoms. The first-order valence-corrected chi connectivity index (χ1v) is 3.49. The third-order valence-electron chi connectivity index (χ3n) is 1.09. The van der Waals surface area contributed by atoms with E-state index in [0.717, 1.165) is 12.1 Å². The molecule has 1 aromatic heterocycles. The van der Waals surface area contributed by atoms with Crippen molar-refractivity contribution in [2.45, 2.75) is 20.0 Å². The van der Waals surface area contributed by atoms with E-state index in [2.05, 4.69) is 11.9 Å². The minimum Gasteiger partial charge on any atom is -0.261 e. The number of hydrogen-bond donors (Lipinski definition) is 0. The summed E-state index contributed by atoms with van der Waals surface area (Å²) in [6, 6.07) is 5.96. The molecule has 0 unspecified atom stereocenters. The number of pyridine rings is 1. The molecule has 0 aliphatic heterocycles. The molecule has 0 saturated carbocycles. The lowest BCUT2D eigenvalue weighted by molar-refractivity contribution is 0.00819. The van der Waals surface area contributed by atoms with E-state index in [9.17, 15) is 13.2 Å². The highest BCUT2D eigenvalue weighted by atomic mass is 19.4. The van der Waals surface area contributed by atoms with Crippen LogP contribution in [0, 0.1) is 0 Å². The summed E-state index contributed by atoms with van der Waals surface area (Å²) in [6.45, 7) is -1.57. The second-order valence-corrected chi connectivity index (χ2v) is 1.92. The number of nitrogens with zero attached hydrogens (tertiary/aromatic N) is 1. The average molecular weight is 177 g/mol. The Morgan fingerprint density at radius 3 is 2.17 bits per heavy atom. The van der Waals surface area contributed by atoms with Crippen molar-refractivity contribution in [1.29, 1.82) is 0 Å². The molecule has 1 aromatic rings. The molecule has 68 valence electrons. The molecule has 12 heavy (non-hydrogen) atoms. The van der Waals surface area contributed by atoms with Crippen molar-refractivity contribution < 1.29 is 13.2 Å².